The van der Waals surface area contributed by atoms with Crippen molar-refractivity contribution >= 4 is 21.6 Å². The number of benzene rings is 2. The minimum absolute atomic E-state index is 0.115. The SMILES string of the molecule is C#C[C@@H](Cc1nnn[nH]1)c1ccc(OCc2ccc3scc(-c4ccccc4C)c3n2)cc1. The summed E-state index contributed by atoms with van der Waals surface area (Å²) in [7, 11) is 0. The lowest BCUT2D eigenvalue weighted by Crippen LogP contribution is -2.03. The van der Waals surface area contributed by atoms with Crippen LogP contribution in [0.15, 0.2) is 66.0 Å². The molecule has 0 amide bonds. The van der Waals surface area contributed by atoms with Crippen LogP contribution in [0.2, 0.25) is 0 Å². The lowest BCUT2D eigenvalue weighted by molar-refractivity contribution is 0.301. The Labute approximate surface area is 195 Å². The molecule has 3 aromatic heterocycles. The number of pyridine rings is 1. The zero-order valence-corrected chi connectivity index (χ0v) is 18.8. The Balaban J connectivity index is 1.30. The quantitative estimate of drug-likeness (QED) is 0.339. The number of aromatic amines is 1. The third-order valence-corrected chi connectivity index (χ3v) is 6.50. The molecule has 0 unspecified atom stereocenters. The summed E-state index contributed by atoms with van der Waals surface area (Å²) in [4.78, 5) is 4.91. The number of rotatable bonds is 7. The predicted molar refractivity (Wildman–Crippen MR) is 130 cm³/mol. The Kier molecular flexibility index (Phi) is 5.83. The van der Waals surface area contributed by atoms with Gasteiger partial charge in [-0.15, -0.1) is 22.9 Å². The van der Waals surface area contributed by atoms with Crippen LogP contribution in [-0.2, 0) is 13.0 Å². The fourth-order valence-corrected chi connectivity index (χ4v) is 4.68. The van der Waals surface area contributed by atoms with Gasteiger partial charge in [-0.25, -0.2) is 10.1 Å². The zero-order valence-electron chi connectivity index (χ0n) is 18.0. The molecule has 2 aromatic carbocycles. The third-order valence-electron chi connectivity index (χ3n) is 5.57. The van der Waals surface area contributed by atoms with Gasteiger partial charge in [0, 0.05) is 17.4 Å². The average molecular weight is 452 g/mol. The molecule has 0 spiro atoms. The Morgan fingerprint density at radius 3 is 2.67 bits per heavy atom. The van der Waals surface area contributed by atoms with E-state index in [1.54, 1.807) is 11.3 Å². The van der Waals surface area contributed by atoms with Crippen LogP contribution in [0.3, 0.4) is 0 Å². The number of tetrazole rings is 1. The molecule has 1 atom stereocenters. The molecule has 33 heavy (non-hydrogen) atoms. The van der Waals surface area contributed by atoms with Gasteiger partial charge in [0.2, 0.25) is 0 Å². The van der Waals surface area contributed by atoms with Gasteiger partial charge in [-0.05, 0) is 58.3 Å². The average Bonchev–Trinajstić information content (AvgIpc) is 3.52. The molecule has 0 saturated carbocycles. The van der Waals surface area contributed by atoms with Crippen molar-refractivity contribution in [2.75, 3.05) is 0 Å². The second-order valence-electron chi connectivity index (χ2n) is 7.74. The first-order valence-electron chi connectivity index (χ1n) is 10.6. The maximum Gasteiger partial charge on any atom is 0.150 e. The van der Waals surface area contributed by atoms with E-state index in [4.69, 9.17) is 16.1 Å². The second-order valence-corrected chi connectivity index (χ2v) is 8.65. The summed E-state index contributed by atoms with van der Waals surface area (Å²) < 4.78 is 7.18. The van der Waals surface area contributed by atoms with Gasteiger partial charge < -0.3 is 4.74 Å². The number of ether oxygens (including phenoxy) is 1. The van der Waals surface area contributed by atoms with Crippen molar-refractivity contribution in [2.24, 2.45) is 0 Å². The molecule has 7 heteroatoms. The number of nitrogens with zero attached hydrogens (tertiary/aromatic N) is 4. The topological polar surface area (TPSA) is 76.6 Å². The molecule has 162 valence electrons. The zero-order chi connectivity index (χ0) is 22.6. The van der Waals surface area contributed by atoms with Crippen LogP contribution >= 0.6 is 11.3 Å². The summed E-state index contributed by atoms with van der Waals surface area (Å²) >= 11 is 1.71. The fraction of sp³-hybridized carbons (Fsp3) is 0.154. The summed E-state index contributed by atoms with van der Waals surface area (Å²) in [6.07, 6.45) is 6.28. The number of aromatic nitrogens is 5. The molecule has 5 rings (SSSR count). The molecule has 5 aromatic rings. The van der Waals surface area contributed by atoms with Gasteiger partial charge in [0.05, 0.1) is 21.8 Å². The molecule has 0 aliphatic carbocycles. The van der Waals surface area contributed by atoms with Crippen molar-refractivity contribution in [3.05, 3.63) is 88.7 Å². The number of hydrogen-bond acceptors (Lipinski definition) is 6. The van der Waals surface area contributed by atoms with Crippen molar-refractivity contribution in [2.45, 2.75) is 25.9 Å². The van der Waals surface area contributed by atoms with Gasteiger partial charge in [0.15, 0.2) is 0 Å². The van der Waals surface area contributed by atoms with E-state index in [2.05, 4.69) is 69.2 Å². The number of H-pyrrole nitrogens is 1. The summed E-state index contributed by atoms with van der Waals surface area (Å²) in [6.45, 7) is 2.52. The number of terminal acetylenes is 1. The van der Waals surface area contributed by atoms with Gasteiger partial charge in [-0.3, -0.25) is 0 Å². The molecule has 6 nitrogen and oxygen atoms in total. The van der Waals surface area contributed by atoms with Gasteiger partial charge in [0.25, 0.3) is 0 Å². The smallest absolute Gasteiger partial charge is 0.150 e. The largest absolute Gasteiger partial charge is 0.487 e. The standard InChI is InChI=1S/C26H21N5OS/c1-3-18(14-25-28-30-31-29-25)19-8-11-21(12-9-19)32-15-20-10-13-24-26(27-20)23(16-33-24)22-7-5-4-6-17(22)2/h1,4-13,16,18H,14-15H2,2H3,(H,28,29,30,31)/t18-/m0/s1. The van der Waals surface area contributed by atoms with Gasteiger partial charge in [0.1, 0.15) is 18.2 Å². The van der Waals surface area contributed by atoms with Gasteiger partial charge in [-0.2, -0.15) is 0 Å². The monoisotopic (exact) mass is 451 g/mol. The predicted octanol–water partition coefficient (Wildman–Crippen LogP) is 5.32. The molecule has 0 bridgehead atoms. The lowest BCUT2D eigenvalue weighted by atomic mass is 9.96. The summed E-state index contributed by atoms with van der Waals surface area (Å²) in [5.41, 5.74) is 6.55. The van der Waals surface area contributed by atoms with Crippen LogP contribution in [0.4, 0.5) is 0 Å². The minimum Gasteiger partial charge on any atom is -0.487 e. The van der Waals surface area contributed by atoms with Crippen molar-refractivity contribution in [1.82, 2.24) is 25.6 Å². The Morgan fingerprint density at radius 2 is 1.91 bits per heavy atom. The van der Waals surface area contributed by atoms with E-state index in [0.717, 1.165) is 22.5 Å². The van der Waals surface area contributed by atoms with Gasteiger partial charge in [-0.1, -0.05) is 42.3 Å². The van der Waals surface area contributed by atoms with Crippen molar-refractivity contribution in [3.8, 4) is 29.2 Å². The molecule has 1 N–H and O–H groups in total. The molecular formula is C26H21N5OS. The van der Waals surface area contributed by atoms with Crippen molar-refractivity contribution in [3.63, 3.8) is 0 Å². The van der Waals surface area contributed by atoms with Crippen LogP contribution in [0.5, 0.6) is 5.75 Å². The van der Waals surface area contributed by atoms with E-state index in [9.17, 15) is 0 Å². The van der Waals surface area contributed by atoms with Crippen LogP contribution in [0, 0.1) is 19.3 Å². The fourth-order valence-electron chi connectivity index (χ4n) is 3.78. The number of aryl methyl sites for hydroxylation is 1. The van der Waals surface area contributed by atoms with Crippen LogP contribution in [0.25, 0.3) is 21.3 Å². The van der Waals surface area contributed by atoms with E-state index >= 15 is 0 Å². The highest BCUT2D eigenvalue weighted by Gasteiger charge is 2.13. The highest BCUT2D eigenvalue weighted by molar-refractivity contribution is 7.17. The van der Waals surface area contributed by atoms with Crippen molar-refractivity contribution in [1.29, 1.82) is 0 Å². The molecule has 0 aliphatic rings. The molecule has 0 radical (unpaired) electrons. The number of hydrogen-bond donors (Lipinski definition) is 1. The number of nitrogens with one attached hydrogen (secondary N) is 1. The van der Waals surface area contributed by atoms with Gasteiger partial charge >= 0.3 is 0 Å². The maximum absolute atomic E-state index is 6.01. The first kappa shape index (κ1) is 20.9. The summed E-state index contributed by atoms with van der Waals surface area (Å²) in [6, 6.07) is 20.4. The Morgan fingerprint density at radius 1 is 1.06 bits per heavy atom. The van der Waals surface area contributed by atoms with Crippen molar-refractivity contribution < 1.29 is 4.74 Å². The van der Waals surface area contributed by atoms with E-state index in [-0.39, 0.29) is 5.92 Å². The first-order valence-corrected chi connectivity index (χ1v) is 11.4. The molecule has 3 heterocycles. The van der Waals surface area contributed by atoms with E-state index < -0.39 is 0 Å². The van der Waals surface area contributed by atoms with Crippen LogP contribution in [0.1, 0.15) is 28.6 Å². The maximum atomic E-state index is 6.01. The Hall–Kier alpha value is -4.02. The van der Waals surface area contributed by atoms with E-state index in [0.29, 0.717) is 18.9 Å². The first-order chi connectivity index (χ1) is 16.2. The number of thiophene rings is 1. The van der Waals surface area contributed by atoms with E-state index in [1.807, 2.05) is 30.3 Å². The minimum atomic E-state index is -0.115. The summed E-state index contributed by atoms with van der Waals surface area (Å²) in [5.74, 6) is 4.12. The molecule has 0 saturated heterocycles. The molecule has 0 aliphatic heterocycles. The van der Waals surface area contributed by atoms with Crippen LogP contribution in [-0.4, -0.2) is 25.6 Å². The van der Waals surface area contributed by atoms with E-state index in [1.165, 1.54) is 21.4 Å². The third kappa shape index (κ3) is 4.47. The Bertz CT molecular complexity index is 1420. The highest BCUT2D eigenvalue weighted by atomic mass is 32.1. The summed E-state index contributed by atoms with van der Waals surface area (Å²) in [5, 5.41) is 16.0. The lowest BCUT2D eigenvalue weighted by Gasteiger charge is -2.11. The molecule has 0 fully saturated rings. The highest BCUT2D eigenvalue weighted by Crippen LogP contribution is 2.34. The number of fused-ring (bicyclic) bond motifs is 1. The van der Waals surface area contributed by atoms with Crippen LogP contribution < -0.4 is 4.74 Å². The normalized spacial score (nSPS) is 11.9. The molecular weight excluding hydrogens is 430 g/mol. The second kappa shape index (κ2) is 9.23.